The van der Waals surface area contributed by atoms with Crippen LogP contribution in [0.2, 0.25) is 0 Å². The average molecular weight is 396 g/mol. The molecular formula is C13H21N2O6PS2. The van der Waals surface area contributed by atoms with Crippen molar-refractivity contribution < 1.29 is 23.5 Å². The molecule has 2 rings (SSSR count). The summed E-state index contributed by atoms with van der Waals surface area (Å²) in [7, 11) is -2.20. The zero-order chi connectivity index (χ0) is 17.9. The van der Waals surface area contributed by atoms with Crippen LogP contribution >= 0.6 is 31.6 Å². The van der Waals surface area contributed by atoms with Gasteiger partial charge in [0.2, 0.25) is 0 Å². The first-order valence-electron chi connectivity index (χ1n) is 7.33. The summed E-state index contributed by atoms with van der Waals surface area (Å²) in [6.07, 6.45) is -0.171. The van der Waals surface area contributed by atoms with Crippen LogP contribution in [0.15, 0.2) is 17.1 Å². The van der Waals surface area contributed by atoms with Crippen LogP contribution in [0.25, 0.3) is 0 Å². The molecule has 5 atom stereocenters. The van der Waals surface area contributed by atoms with E-state index in [-0.39, 0.29) is 22.2 Å². The molecule has 11 heteroatoms. The van der Waals surface area contributed by atoms with Gasteiger partial charge in [0.1, 0.15) is 12.2 Å². The van der Waals surface area contributed by atoms with Gasteiger partial charge >= 0.3 is 7.60 Å². The van der Waals surface area contributed by atoms with Gasteiger partial charge in [0.25, 0.3) is 5.56 Å². The number of hydrogen-bond acceptors (Lipinski definition) is 7. The van der Waals surface area contributed by atoms with E-state index in [1.807, 2.05) is 6.92 Å². The van der Waals surface area contributed by atoms with E-state index in [1.165, 1.54) is 24.9 Å². The van der Waals surface area contributed by atoms with Gasteiger partial charge in [-0.2, -0.15) is 11.8 Å². The molecule has 1 saturated heterocycles. The molecule has 0 radical (unpaired) electrons. The molecule has 0 amide bonds. The van der Waals surface area contributed by atoms with Gasteiger partial charge in [-0.3, -0.25) is 18.9 Å². The number of methoxy groups -OCH3 is 1. The number of nitrogens with zero attached hydrogens (tertiary/aromatic N) is 1. The SMILES string of the molecule is CCSC1[C@@H](OP(C)(=O)O)[C@@H](COC)O[C@H]1n1ccc(=O)[nH]c1=S. The number of nitrogens with one attached hydrogen (secondary N) is 1. The van der Waals surface area contributed by atoms with Crippen molar-refractivity contribution in [2.45, 2.75) is 30.6 Å². The molecule has 0 spiro atoms. The molecule has 2 N–H and O–H groups in total. The Balaban J connectivity index is 2.41. The van der Waals surface area contributed by atoms with Crippen molar-refractivity contribution in [3.05, 3.63) is 27.4 Å². The van der Waals surface area contributed by atoms with E-state index < -0.39 is 26.0 Å². The third-order valence-electron chi connectivity index (χ3n) is 3.42. The first-order chi connectivity index (χ1) is 11.3. The predicted octanol–water partition coefficient (Wildman–Crippen LogP) is 1.77. The topological polar surface area (TPSA) is 103 Å². The number of aromatic amines is 1. The molecule has 1 aliphatic rings. The maximum absolute atomic E-state index is 11.8. The molecule has 1 fully saturated rings. The lowest BCUT2D eigenvalue weighted by Gasteiger charge is -2.25. The Morgan fingerprint density at radius 2 is 2.29 bits per heavy atom. The van der Waals surface area contributed by atoms with E-state index in [0.29, 0.717) is 0 Å². The quantitative estimate of drug-likeness (QED) is 0.531. The fourth-order valence-electron chi connectivity index (χ4n) is 2.58. The van der Waals surface area contributed by atoms with Crippen molar-refractivity contribution in [3.63, 3.8) is 0 Å². The summed E-state index contributed by atoms with van der Waals surface area (Å²) >= 11 is 6.74. The molecular weight excluding hydrogens is 375 g/mol. The maximum atomic E-state index is 11.8. The average Bonchev–Trinajstić information content (AvgIpc) is 2.77. The molecule has 24 heavy (non-hydrogen) atoms. The lowest BCUT2D eigenvalue weighted by atomic mass is 10.2. The number of H-pyrrole nitrogens is 1. The molecule has 0 bridgehead atoms. The highest BCUT2D eigenvalue weighted by Gasteiger charge is 2.48. The number of thioether (sulfide) groups is 1. The Morgan fingerprint density at radius 1 is 1.58 bits per heavy atom. The molecule has 1 aromatic rings. The van der Waals surface area contributed by atoms with Gasteiger partial charge in [-0.25, -0.2) is 0 Å². The van der Waals surface area contributed by atoms with E-state index >= 15 is 0 Å². The molecule has 136 valence electrons. The molecule has 0 saturated carbocycles. The maximum Gasteiger partial charge on any atom is 0.325 e. The lowest BCUT2D eigenvalue weighted by Crippen LogP contribution is -2.34. The zero-order valence-corrected chi connectivity index (χ0v) is 16.1. The second kappa shape index (κ2) is 8.27. The van der Waals surface area contributed by atoms with Gasteiger partial charge in [0, 0.05) is 26.0 Å². The monoisotopic (exact) mass is 396 g/mol. The van der Waals surface area contributed by atoms with Crippen molar-refractivity contribution in [2.75, 3.05) is 26.1 Å². The summed E-state index contributed by atoms with van der Waals surface area (Å²) in [5, 5.41) is -0.284. The zero-order valence-electron chi connectivity index (χ0n) is 13.6. The number of rotatable bonds is 7. The van der Waals surface area contributed by atoms with Crippen LogP contribution in [0.1, 0.15) is 13.2 Å². The Kier molecular flexibility index (Phi) is 6.83. The van der Waals surface area contributed by atoms with E-state index in [2.05, 4.69) is 4.98 Å². The Labute approximate surface area is 149 Å². The lowest BCUT2D eigenvalue weighted by molar-refractivity contribution is -0.0511. The summed E-state index contributed by atoms with van der Waals surface area (Å²) in [4.78, 5) is 23.6. The second-order valence-corrected chi connectivity index (χ2v) is 8.99. The third kappa shape index (κ3) is 4.78. The van der Waals surface area contributed by atoms with Crippen LogP contribution in [0.3, 0.4) is 0 Å². The van der Waals surface area contributed by atoms with Gasteiger partial charge in [-0.05, 0) is 18.0 Å². The fraction of sp³-hybridized carbons (Fsp3) is 0.692. The summed E-state index contributed by atoms with van der Waals surface area (Å²) in [6, 6.07) is 1.35. The number of aromatic nitrogens is 2. The van der Waals surface area contributed by atoms with Gasteiger partial charge in [-0.1, -0.05) is 6.92 Å². The van der Waals surface area contributed by atoms with Crippen molar-refractivity contribution in [2.24, 2.45) is 0 Å². The van der Waals surface area contributed by atoms with Crippen molar-refractivity contribution >= 4 is 31.6 Å². The number of hydrogen-bond donors (Lipinski definition) is 2. The van der Waals surface area contributed by atoms with E-state index in [0.717, 1.165) is 12.4 Å². The summed E-state index contributed by atoms with van der Waals surface area (Å²) in [6.45, 7) is 3.32. The highest BCUT2D eigenvalue weighted by Crippen LogP contribution is 2.47. The highest BCUT2D eigenvalue weighted by atomic mass is 32.2. The Bertz CT molecular complexity index is 717. The molecule has 1 aliphatic heterocycles. The third-order valence-corrected chi connectivity index (χ3v) is 5.58. The minimum atomic E-state index is -3.72. The van der Waals surface area contributed by atoms with E-state index in [4.69, 9.17) is 26.2 Å². The molecule has 1 aromatic heterocycles. The smallest absolute Gasteiger partial charge is 0.325 e. The second-order valence-electron chi connectivity index (χ2n) is 5.33. The fourth-order valence-corrected chi connectivity index (χ4v) is 4.81. The normalized spacial score (nSPS) is 29.5. The molecule has 0 aromatic carbocycles. The summed E-state index contributed by atoms with van der Waals surface area (Å²) in [5.74, 6) is 0.750. The van der Waals surface area contributed by atoms with Gasteiger partial charge < -0.3 is 18.9 Å². The largest absolute Gasteiger partial charge is 0.382 e. The molecule has 8 nitrogen and oxygen atoms in total. The van der Waals surface area contributed by atoms with Crippen molar-refractivity contribution in [1.82, 2.24) is 9.55 Å². The summed E-state index contributed by atoms with van der Waals surface area (Å²) in [5.41, 5.74) is -0.302. The Morgan fingerprint density at radius 3 is 2.83 bits per heavy atom. The van der Waals surface area contributed by atoms with E-state index in [9.17, 15) is 14.3 Å². The minimum Gasteiger partial charge on any atom is -0.382 e. The van der Waals surface area contributed by atoms with Crippen molar-refractivity contribution in [3.8, 4) is 0 Å². The van der Waals surface area contributed by atoms with Gasteiger partial charge in [-0.15, -0.1) is 0 Å². The van der Waals surface area contributed by atoms with Crippen LogP contribution in [0, 0.1) is 4.77 Å². The Hall–Kier alpha value is -0.480. The van der Waals surface area contributed by atoms with Crippen molar-refractivity contribution in [1.29, 1.82) is 0 Å². The first-order valence-corrected chi connectivity index (χ1v) is 10.8. The van der Waals surface area contributed by atoms with Crippen LogP contribution < -0.4 is 5.56 Å². The molecule has 2 heterocycles. The van der Waals surface area contributed by atoms with Crippen LogP contribution in [0.4, 0.5) is 0 Å². The van der Waals surface area contributed by atoms with Crippen LogP contribution in [0.5, 0.6) is 0 Å². The first kappa shape index (κ1) is 19.8. The van der Waals surface area contributed by atoms with Gasteiger partial charge in [0.05, 0.1) is 11.9 Å². The van der Waals surface area contributed by atoms with E-state index in [1.54, 1.807) is 10.8 Å². The summed E-state index contributed by atoms with van der Waals surface area (Å²) < 4.78 is 30.2. The van der Waals surface area contributed by atoms with Crippen LogP contribution in [-0.2, 0) is 18.6 Å². The van der Waals surface area contributed by atoms with Crippen LogP contribution in [-0.4, -0.2) is 58.0 Å². The minimum absolute atomic E-state index is 0.207. The molecule has 0 aliphatic carbocycles. The highest BCUT2D eigenvalue weighted by molar-refractivity contribution is 7.99. The molecule has 2 unspecified atom stereocenters. The predicted molar refractivity (Wildman–Crippen MR) is 94.2 cm³/mol. The standard InChI is InChI=1S/C13H21N2O6PS2/c1-4-24-11-10(21-22(3,17)18)8(7-19-2)20-12(11)15-6-5-9(16)14-13(15)23/h5-6,8,10-12H,4,7H2,1-3H3,(H,17,18)(H,14,16,23)/t8-,10+,11?,12-/m1/s1. The number of ether oxygens (including phenoxy) is 2. The van der Waals surface area contributed by atoms with Gasteiger partial charge in [0.15, 0.2) is 11.0 Å².